The van der Waals surface area contributed by atoms with Crippen LogP contribution in [-0.2, 0) is 6.54 Å². The summed E-state index contributed by atoms with van der Waals surface area (Å²) in [7, 11) is 2.12. The Balaban J connectivity index is 2.19. The van der Waals surface area contributed by atoms with Gasteiger partial charge in [-0.25, -0.2) is 0 Å². The van der Waals surface area contributed by atoms with Crippen molar-refractivity contribution in [2.45, 2.75) is 40.3 Å². The molecule has 112 valence electrons. The van der Waals surface area contributed by atoms with Gasteiger partial charge < -0.3 is 10.2 Å². The third kappa shape index (κ3) is 4.08. The zero-order valence-corrected chi connectivity index (χ0v) is 13.8. The quantitative estimate of drug-likeness (QED) is 0.864. The lowest BCUT2D eigenvalue weighted by Gasteiger charge is -2.21. The molecule has 0 radical (unpaired) electrons. The lowest BCUT2D eigenvalue weighted by molar-refractivity contribution is 0.587. The third-order valence-corrected chi connectivity index (χ3v) is 3.80. The van der Waals surface area contributed by atoms with E-state index in [4.69, 9.17) is 0 Å². The minimum atomic E-state index is 0.513. The molecule has 2 aromatic carbocycles. The van der Waals surface area contributed by atoms with Gasteiger partial charge in [0.1, 0.15) is 0 Å². The van der Waals surface area contributed by atoms with Crippen LogP contribution in [0.3, 0.4) is 0 Å². The van der Waals surface area contributed by atoms with E-state index >= 15 is 0 Å². The summed E-state index contributed by atoms with van der Waals surface area (Å²) in [6, 6.07) is 15.8. The molecule has 0 bridgehead atoms. The summed E-state index contributed by atoms with van der Waals surface area (Å²) in [6.45, 7) is 9.59. The largest absolute Gasteiger partial charge is 0.345 e. The fraction of sp³-hybridized carbons (Fsp3) is 0.368. The van der Waals surface area contributed by atoms with Gasteiger partial charge in [-0.1, -0.05) is 32.0 Å². The number of aryl methyl sites for hydroxylation is 2. The minimum Gasteiger partial charge on any atom is -0.345 e. The van der Waals surface area contributed by atoms with Crippen LogP contribution in [0.1, 0.15) is 30.5 Å². The lowest BCUT2D eigenvalue weighted by Crippen LogP contribution is -2.22. The highest BCUT2D eigenvalue weighted by Crippen LogP contribution is 2.26. The van der Waals surface area contributed by atoms with E-state index in [0.29, 0.717) is 6.04 Å². The average Bonchev–Trinajstić information content (AvgIpc) is 2.45. The number of nitrogens with one attached hydrogen (secondary N) is 1. The van der Waals surface area contributed by atoms with Crippen LogP contribution in [0.2, 0.25) is 0 Å². The summed E-state index contributed by atoms with van der Waals surface area (Å²) in [5, 5.41) is 3.48. The molecule has 1 N–H and O–H groups in total. The molecule has 2 heteroatoms. The van der Waals surface area contributed by atoms with Gasteiger partial charge in [0, 0.05) is 31.0 Å². The first kappa shape index (κ1) is 15.6. The van der Waals surface area contributed by atoms with E-state index in [-0.39, 0.29) is 0 Å². The molecule has 0 aromatic heterocycles. The number of benzene rings is 2. The Morgan fingerprint density at radius 2 is 1.71 bits per heavy atom. The highest BCUT2D eigenvalue weighted by atomic mass is 15.1. The van der Waals surface area contributed by atoms with Crippen molar-refractivity contribution < 1.29 is 0 Å². The van der Waals surface area contributed by atoms with Crippen molar-refractivity contribution in [1.29, 1.82) is 0 Å². The standard InChI is InChI=1S/C19H26N2/c1-14(2)20-13-17-9-10-19(12-16(17)4)21(5)18-8-6-7-15(3)11-18/h6-12,14,20H,13H2,1-5H3. The van der Waals surface area contributed by atoms with Gasteiger partial charge in [0.25, 0.3) is 0 Å². The minimum absolute atomic E-state index is 0.513. The SMILES string of the molecule is Cc1cccc(N(C)c2ccc(CNC(C)C)c(C)c2)c1. The van der Waals surface area contributed by atoms with Gasteiger partial charge in [-0.2, -0.15) is 0 Å². The van der Waals surface area contributed by atoms with Crippen LogP contribution in [0.4, 0.5) is 11.4 Å². The van der Waals surface area contributed by atoms with E-state index in [9.17, 15) is 0 Å². The van der Waals surface area contributed by atoms with E-state index in [2.05, 4.69) is 87.4 Å². The fourth-order valence-electron chi connectivity index (χ4n) is 2.39. The Kier molecular flexibility index (Phi) is 5.03. The first-order chi connectivity index (χ1) is 9.97. The molecular weight excluding hydrogens is 256 g/mol. The van der Waals surface area contributed by atoms with Gasteiger partial charge in [0.15, 0.2) is 0 Å². The first-order valence-corrected chi connectivity index (χ1v) is 7.60. The van der Waals surface area contributed by atoms with Crippen molar-refractivity contribution in [2.75, 3.05) is 11.9 Å². The maximum absolute atomic E-state index is 3.48. The Morgan fingerprint density at radius 3 is 2.33 bits per heavy atom. The molecule has 0 unspecified atom stereocenters. The molecule has 2 aromatic rings. The van der Waals surface area contributed by atoms with Gasteiger partial charge in [-0.05, 0) is 54.8 Å². The van der Waals surface area contributed by atoms with Crippen molar-refractivity contribution in [3.05, 3.63) is 59.2 Å². The average molecular weight is 282 g/mol. The van der Waals surface area contributed by atoms with Gasteiger partial charge in [-0.15, -0.1) is 0 Å². The summed E-state index contributed by atoms with van der Waals surface area (Å²) in [6.07, 6.45) is 0. The Hall–Kier alpha value is -1.80. The van der Waals surface area contributed by atoms with Crippen LogP contribution in [-0.4, -0.2) is 13.1 Å². The highest BCUT2D eigenvalue weighted by molar-refractivity contribution is 5.64. The van der Waals surface area contributed by atoms with E-state index in [1.165, 1.54) is 28.1 Å². The molecule has 0 aliphatic rings. The maximum atomic E-state index is 3.48. The Bertz CT molecular complexity index is 602. The van der Waals surface area contributed by atoms with Crippen molar-refractivity contribution in [3.63, 3.8) is 0 Å². The van der Waals surface area contributed by atoms with Crippen LogP contribution >= 0.6 is 0 Å². The number of hydrogen-bond donors (Lipinski definition) is 1. The number of rotatable bonds is 5. The lowest BCUT2D eigenvalue weighted by atomic mass is 10.1. The fourth-order valence-corrected chi connectivity index (χ4v) is 2.39. The summed E-state index contributed by atoms with van der Waals surface area (Å²) in [5.41, 5.74) is 6.44. The molecule has 0 saturated heterocycles. The van der Waals surface area contributed by atoms with Gasteiger partial charge >= 0.3 is 0 Å². The molecule has 0 amide bonds. The molecule has 0 saturated carbocycles. The molecule has 0 heterocycles. The maximum Gasteiger partial charge on any atom is 0.0410 e. The number of anilines is 2. The zero-order chi connectivity index (χ0) is 15.4. The Labute approximate surface area is 128 Å². The molecule has 2 rings (SSSR count). The predicted octanol–water partition coefficient (Wildman–Crippen LogP) is 4.57. The van der Waals surface area contributed by atoms with Gasteiger partial charge in [0.05, 0.1) is 0 Å². The molecule has 0 fully saturated rings. The zero-order valence-electron chi connectivity index (χ0n) is 13.8. The predicted molar refractivity (Wildman–Crippen MR) is 92.4 cm³/mol. The van der Waals surface area contributed by atoms with Crippen LogP contribution in [0, 0.1) is 13.8 Å². The second kappa shape index (κ2) is 6.77. The third-order valence-electron chi connectivity index (χ3n) is 3.80. The summed E-state index contributed by atoms with van der Waals surface area (Å²) < 4.78 is 0. The molecular formula is C19H26N2. The van der Waals surface area contributed by atoms with Crippen molar-refractivity contribution in [2.24, 2.45) is 0 Å². The second-order valence-corrected chi connectivity index (χ2v) is 6.04. The Morgan fingerprint density at radius 1 is 1.00 bits per heavy atom. The first-order valence-electron chi connectivity index (χ1n) is 7.60. The van der Waals surface area contributed by atoms with Crippen LogP contribution in [0.25, 0.3) is 0 Å². The van der Waals surface area contributed by atoms with Crippen LogP contribution < -0.4 is 10.2 Å². The van der Waals surface area contributed by atoms with Crippen molar-refractivity contribution in [1.82, 2.24) is 5.32 Å². The normalized spacial score (nSPS) is 11.0. The monoisotopic (exact) mass is 282 g/mol. The summed E-state index contributed by atoms with van der Waals surface area (Å²) in [5.74, 6) is 0. The van der Waals surface area contributed by atoms with E-state index in [1.807, 2.05) is 0 Å². The molecule has 21 heavy (non-hydrogen) atoms. The molecule has 0 atom stereocenters. The van der Waals surface area contributed by atoms with Crippen LogP contribution in [0.5, 0.6) is 0 Å². The van der Waals surface area contributed by atoms with E-state index in [1.54, 1.807) is 0 Å². The van der Waals surface area contributed by atoms with E-state index < -0.39 is 0 Å². The number of hydrogen-bond acceptors (Lipinski definition) is 2. The summed E-state index contributed by atoms with van der Waals surface area (Å²) >= 11 is 0. The molecule has 2 nitrogen and oxygen atoms in total. The van der Waals surface area contributed by atoms with Crippen LogP contribution in [0.15, 0.2) is 42.5 Å². The van der Waals surface area contributed by atoms with Crippen molar-refractivity contribution >= 4 is 11.4 Å². The molecule has 0 aliphatic heterocycles. The van der Waals surface area contributed by atoms with Gasteiger partial charge in [-0.3, -0.25) is 0 Å². The summed E-state index contributed by atoms with van der Waals surface area (Å²) in [4.78, 5) is 2.24. The molecule has 0 aliphatic carbocycles. The smallest absolute Gasteiger partial charge is 0.0410 e. The number of nitrogens with zero attached hydrogens (tertiary/aromatic N) is 1. The van der Waals surface area contributed by atoms with E-state index in [0.717, 1.165) is 6.54 Å². The highest BCUT2D eigenvalue weighted by Gasteiger charge is 2.07. The second-order valence-electron chi connectivity index (χ2n) is 6.04. The molecule has 0 spiro atoms. The van der Waals surface area contributed by atoms with Crippen molar-refractivity contribution in [3.8, 4) is 0 Å². The topological polar surface area (TPSA) is 15.3 Å². The van der Waals surface area contributed by atoms with Gasteiger partial charge in [0.2, 0.25) is 0 Å².